The van der Waals surface area contributed by atoms with Crippen molar-refractivity contribution < 1.29 is 9.53 Å². The molecule has 0 aliphatic heterocycles. The van der Waals surface area contributed by atoms with Gasteiger partial charge in [-0.3, -0.25) is 4.79 Å². The number of hydrogen-bond donors (Lipinski definition) is 1. The fourth-order valence-corrected chi connectivity index (χ4v) is 2.87. The predicted molar refractivity (Wildman–Crippen MR) is 76.0 cm³/mol. The molecule has 1 aliphatic carbocycles. The first-order valence-electron chi connectivity index (χ1n) is 6.82. The van der Waals surface area contributed by atoms with Crippen LogP contribution in [0.3, 0.4) is 0 Å². The Balaban J connectivity index is 2.49. The summed E-state index contributed by atoms with van der Waals surface area (Å²) in [5, 5.41) is 3.24. The molecule has 2 rings (SSSR count). The van der Waals surface area contributed by atoms with Gasteiger partial charge in [0.15, 0.2) is 0 Å². The maximum atomic E-state index is 12.6. The number of nitrogens with one attached hydrogen (secondary N) is 1. The Kier molecular flexibility index (Phi) is 4.38. The molecule has 2 atom stereocenters. The summed E-state index contributed by atoms with van der Waals surface area (Å²) in [6, 6.07) is 9.92. The van der Waals surface area contributed by atoms with Crippen molar-refractivity contribution >= 4 is 5.97 Å². The number of hydrogen-bond acceptors (Lipinski definition) is 3. The summed E-state index contributed by atoms with van der Waals surface area (Å²) in [7, 11) is 1.89. The zero-order valence-corrected chi connectivity index (χ0v) is 11.6. The van der Waals surface area contributed by atoms with E-state index in [0.29, 0.717) is 6.61 Å². The van der Waals surface area contributed by atoms with Gasteiger partial charge < -0.3 is 10.1 Å². The van der Waals surface area contributed by atoms with E-state index < -0.39 is 5.41 Å². The molecule has 0 fully saturated rings. The molecule has 1 N–H and O–H groups in total. The van der Waals surface area contributed by atoms with E-state index in [4.69, 9.17) is 4.74 Å². The van der Waals surface area contributed by atoms with Crippen molar-refractivity contribution in [1.82, 2.24) is 5.32 Å². The van der Waals surface area contributed by atoms with E-state index in [0.717, 1.165) is 18.4 Å². The number of carbonyl (C=O) groups is 1. The summed E-state index contributed by atoms with van der Waals surface area (Å²) in [5.74, 6) is -0.134. The topological polar surface area (TPSA) is 38.3 Å². The van der Waals surface area contributed by atoms with Crippen LogP contribution in [-0.2, 0) is 14.9 Å². The van der Waals surface area contributed by atoms with E-state index in [1.165, 1.54) is 0 Å². The molecule has 102 valence electrons. The van der Waals surface area contributed by atoms with Gasteiger partial charge in [-0.2, -0.15) is 0 Å². The lowest BCUT2D eigenvalue weighted by atomic mass is 9.68. The van der Waals surface area contributed by atoms with E-state index in [2.05, 4.69) is 17.5 Å². The van der Waals surface area contributed by atoms with Crippen molar-refractivity contribution in [1.29, 1.82) is 0 Å². The largest absolute Gasteiger partial charge is 0.465 e. The number of allylic oxidation sites excluding steroid dienone is 1. The van der Waals surface area contributed by atoms with Crippen LogP contribution in [0.5, 0.6) is 0 Å². The first-order valence-corrected chi connectivity index (χ1v) is 6.82. The molecule has 0 bridgehead atoms. The lowest BCUT2D eigenvalue weighted by molar-refractivity contribution is -0.151. The first kappa shape index (κ1) is 13.8. The van der Waals surface area contributed by atoms with E-state index in [1.807, 2.05) is 44.3 Å². The Bertz CT molecular complexity index is 455. The van der Waals surface area contributed by atoms with Crippen molar-refractivity contribution in [2.75, 3.05) is 13.7 Å². The number of likely N-dealkylation sites (N-methyl/N-ethyl adjacent to an activating group) is 1. The molecular weight excluding hydrogens is 238 g/mol. The van der Waals surface area contributed by atoms with E-state index >= 15 is 0 Å². The van der Waals surface area contributed by atoms with Gasteiger partial charge in [0, 0.05) is 6.04 Å². The molecule has 0 aromatic heterocycles. The quantitative estimate of drug-likeness (QED) is 0.666. The van der Waals surface area contributed by atoms with Gasteiger partial charge in [-0.25, -0.2) is 0 Å². The summed E-state index contributed by atoms with van der Waals surface area (Å²) in [5.41, 5.74) is 0.415. The standard InChI is InChI=1S/C16H21NO2/c1-3-19-15(18)16(13-9-5-4-6-10-13)12-8-7-11-14(16)17-2/h4-7,9-11,14,17H,3,8,12H2,1-2H3/t14-,16+/m0/s1. The molecule has 0 saturated carbocycles. The molecule has 0 radical (unpaired) electrons. The van der Waals surface area contributed by atoms with Crippen LogP contribution in [0.15, 0.2) is 42.5 Å². The fourth-order valence-electron chi connectivity index (χ4n) is 2.87. The van der Waals surface area contributed by atoms with Crippen molar-refractivity contribution in [2.24, 2.45) is 0 Å². The number of benzene rings is 1. The van der Waals surface area contributed by atoms with E-state index in [1.54, 1.807) is 0 Å². The van der Waals surface area contributed by atoms with Crippen LogP contribution < -0.4 is 5.32 Å². The molecule has 1 aromatic rings. The van der Waals surface area contributed by atoms with E-state index in [-0.39, 0.29) is 12.0 Å². The van der Waals surface area contributed by atoms with Crippen molar-refractivity contribution in [3.63, 3.8) is 0 Å². The van der Waals surface area contributed by atoms with Gasteiger partial charge in [0.25, 0.3) is 0 Å². The first-order chi connectivity index (χ1) is 9.25. The van der Waals surface area contributed by atoms with E-state index in [9.17, 15) is 4.79 Å². The summed E-state index contributed by atoms with van der Waals surface area (Å²) >= 11 is 0. The minimum Gasteiger partial charge on any atom is -0.465 e. The minimum atomic E-state index is -0.610. The molecule has 0 heterocycles. The Labute approximate surface area is 114 Å². The highest BCUT2D eigenvalue weighted by atomic mass is 16.5. The Morgan fingerprint density at radius 1 is 1.42 bits per heavy atom. The van der Waals surface area contributed by atoms with Gasteiger partial charge in [-0.05, 0) is 32.4 Å². The predicted octanol–water partition coefficient (Wildman–Crippen LogP) is 2.43. The van der Waals surface area contributed by atoms with Gasteiger partial charge in [-0.1, -0.05) is 42.5 Å². The van der Waals surface area contributed by atoms with Gasteiger partial charge in [0.2, 0.25) is 0 Å². The summed E-state index contributed by atoms with van der Waals surface area (Å²) < 4.78 is 5.36. The van der Waals surface area contributed by atoms with Crippen LogP contribution in [0.2, 0.25) is 0 Å². The van der Waals surface area contributed by atoms with Gasteiger partial charge in [-0.15, -0.1) is 0 Å². The third-order valence-corrected chi connectivity index (χ3v) is 3.80. The second-order valence-electron chi connectivity index (χ2n) is 4.79. The summed E-state index contributed by atoms with van der Waals surface area (Å²) in [6.07, 6.45) is 5.87. The lowest BCUT2D eigenvalue weighted by Gasteiger charge is -2.39. The van der Waals surface area contributed by atoms with Crippen molar-refractivity contribution in [3.8, 4) is 0 Å². The Morgan fingerprint density at radius 2 is 2.16 bits per heavy atom. The third-order valence-electron chi connectivity index (χ3n) is 3.80. The highest BCUT2D eigenvalue weighted by molar-refractivity contribution is 5.85. The van der Waals surface area contributed by atoms with Gasteiger partial charge in [0.05, 0.1) is 6.61 Å². The average molecular weight is 259 g/mol. The smallest absolute Gasteiger partial charge is 0.318 e. The average Bonchev–Trinajstić information content (AvgIpc) is 2.48. The summed E-state index contributed by atoms with van der Waals surface area (Å²) in [6.45, 7) is 2.26. The second kappa shape index (κ2) is 6.02. The summed E-state index contributed by atoms with van der Waals surface area (Å²) in [4.78, 5) is 12.6. The molecule has 19 heavy (non-hydrogen) atoms. The zero-order valence-electron chi connectivity index (χ0n) is 11.6. The zero-order chi connectivity index (χ0) is 13.7. The van der Waals surface area contributed by atoms with Crippen LogP contribution in [0.25, 0.3) is 0 Å². The van der Waals surface area contributed by atoms with Crippen LogP contribution in [0.1, 0.15) is 25.3 Å². The van der Waals surface area contributed by atoms with Crippen molar-refractivity contribution in [2.45, 2.75) is 31.2 Å². The van der Waals surface area contributed by atoms with Crippen LogP contribution in [0.4, 0.5) is 0 Å². The lowest BCUT2D eigenvalue weighted by Crippen LogP contribution is -2.53. The molecule has 0 unspecified atom stereocenters. The van der Waals surface area contributed by atoms with Crippen LogP contribution >= 0.6 is 0 Å². The maximum Gasteiger partial charge on any atom is 0.318 e. The molecule has 0 spiro atoms. The fraction of sp³-hybridized carbons (Fsp3) is 0.438. The number of rotatable bonds is 4. The molecule has 3 nitrogen and oxygen atoms in total. The third kappa shape index (κ3) is 2.43. The van der Waals surface area contributed by atoms with Crippen LogP contribution in [0, 0.1) is 0 Å². The highest BCUT2D eigenvalue weighted by Crippen LogP contribution is 2.38. The highest BCUT2D eigenvalue weighted by Gasteiger charge is 2.47. The number of carbonyl (C=O) groups excluding carboxylic acids is 1. The Hall–Kier alpha value is -1.61. The number of esters is 1. The normalized spacial score (nSPS) is 26.1. The molecular formula is C16H21NO2. The maximum absolute atomic E-state index is 12.6. The number of ether oxygens (including phenoxy) is 1. The molecule has 3 heteroatoms. The van der Waals surface area contributed by atoms with Crippen molar-refractivity contribution in [3.05, 3.63) is 48.0 Å². The van der Waals surface area contributed by atoms with Crippen LogP contribution in [-0.4, -0.2) is 25.7 Å². The van der Waals surface area contributed by atoms with Gasteiger partial charge in [0.1, 0.15) is 5.41 Å². The Morgan fingerprint density at radius 3 is 2.79 bits per heavy atom. The van der Waals surface area contributed by atoms with Gasteiger partial charge >= 0.3 is 5.97 Å². The second-order valence-corrected chi connectivity index (χ2v) is 4.79. The monoisotopic (exact) mass is 259 g/mol. The minimum absolute atomic E-state index is 0.0253. The molecule has 1 aliphatic rings. The molecule has 1 aromatic carbocycles. The SMILES string of the molecule is CCOC(=O)[C@@]1(c2ccccc2)CCC=C[C@@H]1NC. The molecule has 0 saturated heterocycles. The molecule has 0 amide bonds.